The number of hydrogen-bond acceptors (Lipinski definition) is 3. The summed E-state index contributed by atoms with van der Waals surface area (Å²) >= 11 is 0. The van der Waals surface area contributed by atoms with Crippen LogP contribution < -0.4 is 15.2 Å². The Morgan fingerprint density at radius 1 is 1.33 bits per heavy atom. The number of rotatable bonds is 2. The van der Waals surface area contributed by atoms with Crippen molar-refractivity contribution in [2.75, 3.05) is 13.2 Å². The van der Waals surface area contributed by atoms with E-state index in [0.717, 1.165) is 33.7 Å². The highest BCUT2D eigenvalue weighted by atomic mass is 16.6. The highest BCUT2D eigenvalue weighted by Gasteiger charge is 2.17. The lowest BCUT2D eigenvalue weighted by atomic mass is 10.1. The number of carbonyl (C=O) groups is 1. The van der Waals surface area contributed by atoms with Gasteiger partial charge in [-0.25, -0.2) is 0 Å². The van der Waals surface area contributed by atoms with Gasteiger partial charge in [-0.1, -0.05) is 0 Å². The van der Waals surface area contributed by atoms with E-state index in [-0.39, 0.29) is 12.3 Å². The molecule has 0 atom stereocenters. The molecule has 5 heteroatoms. The second-order valence-electron chi connectivity index (χ2n) is 4.41. The number of benzene rings is 1. The van der Waals surface area contributed by atoms with E-state index in [1.165, 1.54) is 0 Å². The van der Waals surface area contributed by atoms with Crippen molar-refractivity contribution in [3.8, 4) is 11.5 Å². The molecule has 1 aromatic heterocycles. The maximum Gasteiger partial charge on any atom is 0.221 e. The first-order valence-corrected chi connectivity index (χ1v) is 5.84. The number of nitrogens with one attached hydrogen (secondary N) is 1. The zero-order valence-electron chi connectivity index (χ0n) is 10.1. The predicted octanol–water partition coefficient (Wildman–Crippen LogP) is 1.28. The van der Waals surface area contributed by atoms with Gasteiger partial charge in [0, 0.05) is 22.7 Å². The van der Waals surface area contributed by atoms with E-state index in [4.69, 9.17) is 15.2 Å². The van der Waals surface area contributed by atoms with Crippen molar-refractivity contribution in [2.45, 2.75) is 13.3 Å². The van der Waals surface area contributed by atoms with E-state index in [1.807, 2.05) is 19.1 Å². The molecule has 0 aliphatic carbocycles. The van der Waals surface area contributed by atoms with Crippen LogP contribution in [0.1, 0.15) is 11.3 Å². The molecule has 0 radical (unpaired) electrons. The van der Waals surface area contributed by atoms with Gasteiger partial charge < -0.3 is 20.2 Å². The van der Waals surface area contributed by atoms with Crippen LogP contribution in [0.2, 0.25) is 0 Å². The molecule has 0 fully saturated rings. The summed E-state index contributed by atoms with van der Waals surface area (Å²) in [6.45, 7) is 3.04. The number of H-pyrrole nitrogens is 1. The van der Waals surface area contributed by atoms with Crippen LogP contribution >= 0.6 is 0 Å². The van der Waals surface area contributed by atoms with Gasteiger partial charge in [-0.15, -0.1) is 0 Å². The molecule has 0 spiro atoms. The van der Waals surface area contributed by atoms with E-state index in [9.17, 15) is 4.79 Å². The molecule has 0 saturated heterocycles. The highest BCUT2D eigenvalue weighted by molar-refractivity contribution is 5.91. The third-order valence-corrected chi connectivity index (χ3v) is 3.13. The average Bonchev–Trinajstić information content (AvgIpc) is 2.62. The van der Waals surface area contributed by atoms with Crippen LogP contribution in [0.25, 0.3) is 10.9 Å². The van der Waals surface area contributed by atoms with E-state index < -0.39 is 0 Å². The number of aryl methyl sites for hydroxylation is 1. The molecule has 18 heavy (non-hydrogen) atoms. The number of primary amides is 1. The summed E-state index contributed by atoms with van der Waals surface area (Å²) in [7, 11) is 0. The van der Waals surface area contributed by atoms with Gasteiger partial charge in [0.2, 0.25) is 5.91 Å². The fourth-order valence-electron chi connectivity index (χ4n) is 2.32. The van der Waals surface area contributed by atoms with E-state index in [0.29, 0.717) is 13.2 Å². The van der Waals surface area contributed by atoms with Crippen LogP contribution in [0.5, 0.6) is 11.5 Å². The average molecular weight is 246 g/mol. The minimum atomic E-state index is -0.339. The Morgan fingerprint density at radius 3 is 2.67 bits per heavy atom. The first kappa shape index (κ1) is 11.0. The number of hydrogen-bond donors (Lipinski definition) is 2. The first-order chi connectivity index (χ1) is 8.65. The van der Waals surface area contributed by atoms with E-state index in [2.05, 4.69) is 4.98 Å². The molecular formula is C13H14N2O3. The van der Waals surface area contributed by atoms with Gasteiger partial charge >= 0.3 is 0 Å². The maximum atomic E-state index is 11.1. The maximum absolute atomic E-state index is 11.1. The van der Waals surface area contributed by atoms with Gasteiger partial charge in [-0.3, -0.25) is 4.79 Å². The summed E-state index contributed by atoms with van der Waals surface area (Å²) < 4.78 is 11.1. The lowest BCUT2D eigenvalue weighted by Crippen LogP contribution is -2.15. The standard InChI is InChI=1S/C13H14N2O3/c1-7-8(5-13(14)16)9-4-11-12(6-10(9)15-7)18-3-2-17-11/h4,6,15H,2-3,5H2,1H3,(H2,14,16). The molecular weight excluding hydrogens is 232 g/mol. The Kier molecular flexibility index (Phi) is 2.40. The Morgan fingerprint density at radius 2 is 2.00 bits per heavy atom. The number of amides is 1. The zero-order valence-corrected chi connectivity index (χ0v) is 10.1. The Labute approximate surface area is 104 Å². The quantitative estimate of drug-likeness (QED) is 0.837. The minimum absolute atomic E-state index is 0.228. The number of ether oxygens (including phenoxy) is 2. The van der Waals surface area contributed by atoms with Crippen LogP contribution in [0.3, 0.4) is 0 Å². The molecule has 1 aromatic carbocycles. The molecule has 0 bridgehead atoms. The van der Waals surface area contributed by atoms with Crippen LogP contribution in [0, 0.1) is 6.92 Å². The minimum Gasteiger partial charge on any atom is -0.486 e. The van der Waals surface area contributed by atoms with Gasteiger partial charge in [0.1, 0.15) is 13.2 Å². The van der Waals surface area contributed by atoms with Gasteiger partial charge in [-0.05, 0) is 18.6 Å². The predicted molar refractivity (Wildman–Crippen MR) is 66.9 cm³/mol. The monoisotopic (exact) mass is 246 g/mol. The molecule has 2 aromatic rings. The number of carbonyl (C=O) groups excluding carboxylic acids is 1. The summed E-state index contributed by atoms with van der Waals surface area (Å²) in [5, 5.41) is 0.968. The molecule has 5 nitrogen and oxygen atoms in total. The first-order valence-electron chi connectivity index (χ1n) is 5.84. The van der Waals surface area contributed by atoms with Crippen molar-refractivity contribution in [1.29, 1.82) is 0 Å². The molecule has 94 valence electrons. The summed E-state index contributed by atoms with van der Waals surface area (Å²) in [4.78, 5) is 14.3. The van der Waals surface area contributed by atoms with Gasteiger partial charge in [0.05, 0.1) is 6.42 Å². The van der Waals surface area contributed by atoms with Crippen LogP contribution in [0.4, 0.5) is 0 Å². The molecule has 1 aliphatic rings. The lowest BCUT2D eigenvalue weighted by Gasteiger charge is -2.18. The summed E-state index contributed by atoms with van der Waals surface area (Å²) in [5.41, 5.74) is 8.09. The molecule has 1 aliphatic heterocycles. The molecule has 2 heterocycles. The Balaban J connectivity index is 2.18. The van der Waals surface area contributed by atoms with Crippen LogP contribution in [-0.2, 0) is 11.2 Å². The largest absolute Gasteiger partial charge is 0.486 e. The molecule has 0 saturated carbocycles. The van der Waals surface area contributed by atoms with Gasteiger partial charge in [0.25, 0.3) is 0 Å². The topological polar surface area (TPSA) is 77.3 Å². The summed E-state index contributed by atoms with van der Waals surface area (Å²) in [6.07, 6.45) is 0.228. The normalized spacial score (nSPS) is 13.8. The lowest BCUT2D eigenvalue weighted by molar-refractivity contribution is -0.117. The van der Waals surface area contributed by atoms with Crippen molar-refractivity contribution < 1.29 is 14.3 Å². The van der Waals surface area contributed by atoms with Crippen molar-refractivity contribution >= 4 is 16.8 Å². The number of aromatic nitrogens is 1. The highest BCUT2D eigenvalue weighted by Crippen LogP contribution is 2.36. The van der Waals surface area contributed by atoms with Crippen molar-refractivity contribution in [3.05, 3.63) is 23.4 Å². The third-order valence-electron chi connectivity index (χ3n) is 3.13. The van der Waals surface area contributed by atoms with Crippen LogP contribution in [-0.4, -0.2) is 24.1 Å². The smallest absolute Gasteiger partial charge is 0.221 e. The fourth-order valence-corrected chi connectivity index (χ4v) is 2.32. The van der Waals surface area contributed by atoms with Crippen molar-refractivity contribution in [1.82, 2.24) is 4.98 Å². The molecule has 1 amide bonds. The SMILES string of the molecule is Cc1[nH]c2cc3c(cc2c1CC(N)=O)OCCO3. The zero-order chi connectivity index (χ0) is 12.7. The summed E-state index contributed by atoms with van der Waals surface area (Å²) in [5.74, 6) is 1.12. The molecule has 3 N–H and O–H groups in total. The summed E-state index contributed by atoms with van der Waals surface area (Å²) in [6, 6.07) is 3.81. The van der Waals surface area contributed by atoms with Gasteiger partial charge in [0.15, 0.2) is 11.5 Å². The third kappa shape index (κ3) is 1.68. The van der Waals surface area contributed by atoms with Crippen molar-refractivity contribution in [2.24, 2.45) is 5.73 Å². The van der Waals surface area contributed by atoms with E-state index >= 15 is 0 Å². The Bertz CT molecular complexity index is 631. The molecule has 0 unspecified atom stereocenters. The van der Waals surface area contributed by atoms with E-state index in [1.54, 1.807) is 0 Å². The number of nitrogens with two attached hydrogens (primary N) is 1. The second-order valence-corrected chi connectivity index (χ2v) is 4.41. The fraction of sp³-hybridized carbons (Fsp3) is 0.308. The van der Waals surface area contributed by atoms with Gasteiger partial charge in [-0.2, -0.15) is 0 Å². The molecule has 3 rings (SSSR count). The Hall–Kier alpha value is -2.17. The second kappa shape index (κ2) is 3.94. The van der Waals surface area contributed by atoms with Crippen LogP contribution in [0.15, 0.2) is 12.1 Å². The number of fused-ring (bicyclic) bond motifs is 2. The number of aromatic amines is 1. The van der Waals surface area contributed by atoms with Crippen molar-refractivity contribution in [3.63, 3.8) is 0 Å².